The van der Waals surface area contributed by atoms with Crippen molar-refractivity contribution < 1.29 is 9.53 Å². The van der Waals surface area contributed by atoms with Crippen molar-refractivity contribution in [2.24, 2.45) is 0 Å². The predicted octanol–water partition coefficient (Wildman–Crippen LogP) is 0.621. The first-order valence-corrected chi connectivity index (χ1v) is 8.43. The van der Waals surface area contributed by atoms with Crippen LogP contribution in [0.3, 0.4) is 0 Å². The van der Waals surface area contributed by atoms with Crippen LogP contribution in [0.1, 0.15) is 31.1 Å². The van der Waals surface area contributed by atoms with Crippen molar-refractivity contribution in [2.75, 3.05) is 31.6 Å². The van der Waals surface area contributed by atoms with E-state index in [0.29, 0.717) is 30.7 Å². The Bertz CT molecular complexity index is 630. The van der Waals surface area contributed by atoms with Crippen molar-refractivity contribution in [2.45, 2.75) is 25.9 Å². The molecule has 124 valence electrons. The average molecular weight is 337 g/mol. The first kappa shape index (κ1) is 16.0. The molecule has 3 heterocycles. The summed E-state index contributed by atoms with van der Waals surface area (Å²) in [7, 11) is 0. The minimum absolute atomic E-state index is 0.107. The Balaban J connectivity index is 1.54. The molecule has 1 saturated heterocycles. The molecular weight excluding hydrogens is 318 g/mol. The number of hydrogen-bond acceptors (Lipinski definition) is 8. The molecule has 1 aliphatic rings. The van der Waals surface area contributed by atoms with E-state index in [2.05, 4.69) is 37.6 Å². The van der Waals surface area contributed by atoms with Crippen LogP contribution < -0.4 is 5.32 Å². The topological polar surface area (TPSA) is 109 Å². The van der Waals surface area contributed by atoms with Gasteiger partial charge in [-0.2, -0.15) is 5.10 Å². The van der Waals surface area contributed by atoms with Gasteiger partial charge in [0.15, 0.2) is 5.82 Å². The van der Waals surface area contributed by atoms with Crippen LogP contribution in [-0.2, 0) is 16.0 Å². The zero-order valence-electron chi connectivity index (χ0n) is 12.9. The molecule has 0 bridgehead atoms. The van der Waals surface area contributed by atoms with Gasteiger partial charge in [-0.05, 0) is 6.42 Å². The van der Waals surface area contributed by atoms with Crippen LogP contribution in [0.5, 0.6) is 0 Å². The second kappa shape index (κ2) is 7.57. The number of hydrogen-bond donors (Lipinski definition) is 2. The molecule has 2 aromatic rings. The molecular formula is C13H19N7O2S. The summed E-state index contributed by atoms with van der Waals surface area (Å²) in [5.74, 6) is 1.42. The molecule has 0 spiro atoms. The van der Waals surface area contributed by atoms with Crippen LogP contribution in [0, 0.1) is 0 Å². The van der Waals surface area contributed by atoms with Crippen molar-refractivity contribution in [1.29, 1.82) is 0 Å². The van der Waals surface area contributed by atoms with Gasteiger partial charge < -0.3 is 4.74 Å². The van der Waals surface area contributed by atoms with E-state index in [1.165, 1.54) is 11.3 Å². The van der Waals surface area contributed by atoms with E-state index >= 15 is 0 Å². The van der Waals surface area contributed by atoms with Crippen molar-refractivity contribution in [3.8, 4) is 0 Å². The number of carbonyl (C=O) groups excluding carboxylic acids is 1. The number of nitrogens with zero attached hydrogens (tertiary/aromatic N) is 5. The SMILES string of the molecule is CCCc1nc([C@@H]2CN(CC(=O)Nc3nncs3)CCO2)n[nH]1. The van der Waals surface area contributed by atoms with Crippen molar-refractivity contribution in [1.82, 2.24) is 30.3 Å². The van der Waals surface area contributed by atoms with Gasteiger partial charge in [-0.1, -0.05) is 18.3 Å². The number of nitrogens with one attached hydrogen (secondary N) is 2. The fraction of sp³-hybridized carbons (Fsp3) is 0.615. The third kappa shape index (κ3) is 4.30. The molecule has 1 fully saturated rings. The Morgan fingerprint density at radius 3 is 3.30 bits per heavy atom. The average Bonchev–Trinajstić information content (AvgIpc) is 3.20. The molecule has 0 aromatic carbocycles. The van der Waals surface area contributed by atoms with Gasteiger partial charge in [-0.3, -0.25) is 20.1 Å². The van der Waals surface area contributed by atoms with Crippen LogP contribution >= 0.6 is 11.3 Å². The van der Waals surface area contributed by atoms with Gasteiger partial charge in [-0.25, -0.2) is 4.98 Å². The molecule has 3 rings (SSSR count). The molecule has 0 saturated carbocycles. The van der Waals surface area contributed by atoms with Gasteiger partial charge in [0.1, 0.15) is 17.4 Å². The lowest BCUT2D eigenvalue weighted by Gasteiger charge is -2.30. The molecule has 23 heavy (non-hydrogen) atoms. The number of aromatic nitrogens is 5. The van der Waals surface area contributed by atoms with E-state index in [1.54, 1.807) is 5.51 Å². The number of ether oxygens (including phenoxy) is 1. The summed E-state index contributed by atoms with van der Waals surface area (Å²) in [6.45, 7) is 4.22. The largest absolute Gasteiger partial charge is 0.367 e. The minimum atomic E-state index is -0.208. The molecule has 2 N–H and O–H groups in total. The summed E-state index contributed by atoms with van der Waals surface area (Å²) in [5, 5.41) is 17.9. The lowest BCUT2D eigenvalue weighted by molar-refractivity contribution is -0.119. The number of amides is 1. The molecule has 1 atom stereocenters. The Morgan fingerprint density at radius 2 is 2.52 bits per heavy atom. The molecule has 1 amide bonds. The highest BCUT2D eigenvalue weighted by molar-refractivity contribution is 7.13. The lowest BCUT2D eigenvalue weighted by Crippen LogP contribution is -2.42. The molecule has 0 unspecified atom stereocenters. The number of morpholine rings is 1. The van der Waals surface area contributed by atoms with E-state index in [9.17, 15) is 4.79 Å². The number of rotatable bonds is 6. The highest BCUT2D eigenvalue weighted by Crippen LogP contribution is 2.19. The van der Waals surface area contributed by atoms with Gasteiger partial charge in [0.2, 0.25) is 11.0 Å². The third-order valence-electron chi connectivity index (χ3n) is 3.45. The molecule has 0 aliphatic carbocycles. The quantitative estimate of drug-likeness (QED) is 0.795. The van der Waals surface area contributed by atoms with Crippen molar-refractivity contribution in [3.05, 3.63) is 17.2 Å². The zero-order valence-corrected chi connectivity index (χ0v) is 13.7. The van der Waals surface area contributed by atoms with E-state index in [1.807, 2.05) is 4.90 Å². The minimum Gasteiger partial charge on any atom is -0.367 e. The summed E-state index contributed by atoms with van der Waals surface area (Å²) in [4.78, 5) is 18.5. The van der Waals surface area contributed by atoms with Crippen molar-refractivity contribution in [3.63, 3.8) is 0 Å². The molecule has 1 aliphatic heterocycles. The number of H-pyrrole nitrogens is 1. The highest BCUT2D eigenvalue weighted by Gasteiger charge is 2.26. The van der Waals surface area contributed by atoms with Gasteiger partial charge in [0, 0.05) is 19.5 Å². The maximum atomic E-state index is 12.0. The van der Waals surface area contributed by atoms with Crippen LogP contribution in [-0.4, -0.2) is 62.4 Å². The van der Waals surface area contributed by atoms with Gasteiger partial charge in [0.25, 0.3) is 0 Å². The summed E-state index contributed by atoms with van der Waals surface area (Å²) < 4.78 is 5.73. The van der Waals surface area contributed by atoms with E-state index < -0.39 is 0 Å². The van der Waals surface area contributed by atoms with Crippen molar-refractivity contribution >= 4 is 22.4 Å². The Kier molecular flexibility index (Phi) is 5.26. The van der Waals surface area contributed by atoms with Gasteiger partial charge >= 0.3 is 0 Å². The molecule has 9 nitrogen and oxygen atoms in total. The summed E-state index contributed by atoms with van der Waals surface area (Å²) in [6.07, 6.45) is 1.67. The van der Waals surface area contributed by atoms with Crippen LogP contribution in [0.4, 0.5) is 5.13 Å². The molecule has 0 radical (unpaired) electrons. The number of aromatic amines is 1. The van der Waals surface area contributed by atoms with Crippen LogP contribution in [0.2, 0.25) is 0 Å². The van der Waals surface area contributed by atoms with E-state index in [0.717, 1.165) is 18.7 Å². The summed E-state index contributed by atoms with van der Waals surface area (Å²) in [6, 6.07) is 0. The number of carbonyl (C=O) groups is 1. The first-order valence-electron chi connectivity index (χ1n) is 7.55. The normalized spacial score (nSPS) is 18.9. The van der Waals surface area contributed by atoms with Gasteiger partial charge in [-0.15, -0.1) is 10.2 Å². The standard InChI is InChI=1S/C13H19N7O2S/c1-2-3-10-15-12(18-17-10)9-6-20(4-5-22-9)7-11(21)16-13-19-14-8-23-13/h8-9H,2-7H2,1H3,(H,15,17,18)(H,16,19,21)/t9-/m0/s1. The third-order valence-corrected chi connectivity index (χ3v) is 4.05. The fourth-order valence-electron chi connectivity index (χ4n) is 2.39. The molecule has 2 aromatic heterocycles. The lowest BCUT2D eigenvalue weighted by atomic mass is 10.2. The first-order chi connectivity index (χ1) is 11.2. The second-order valence-electron chi connectivity index (χ2n) is 5.28. The highest BCUT2D eigenvalue weighted by atomic mass is 32.1. The smallest absolute Gasteiger partial charge is 0.240 e. The number of aryl methyl sites for hydroxylation is 1. The van der Waals surface area contributed by atoms with E-state index in [-0.39, 0.29) is 18.6 Å². The summed E-state index contributed by atoms with van der Waals surface area (Å²) >= 11 is 1.30. The Hall–Kier alpha value is -1.91. The molecule has 10 heteroatoms. The maximum Gasteiger partial charge on any atom is 0.240 e. The van der Waals surface area contributed by atoms with Crippen LogP contribution in [0.15, 0.2) is 5.51 Å². The Labute approximate surface area is 137 Å². The maximum absolute atomic E-state index is 12.0. The Morgan fingerprint density at radius 1 is 1.61 bits per heavy atom. The zero-order chi connectivity index (χ0) is 16.1. The number of anilines is 1. The predicted molar refractivity (Wildman–Crippen MR) is 84.0 cm³/mol. The second-order valence-corrected chi connectivity index (χ2v) is 6.11. The summed E-state index contributed by atoms with van der Waals surface area (Å²) in [5.41, 5.74) is 1.58. The van der Waals surface area contributed by atoms with E-state index in [4.69, 9.17) is 4.74 Å². The van der Waals surface area contributed by atoms with Gasteiger partial charge in [0.05, 0.1) is 13.2 Å². The van der Waals surface area contributed by atoms with Crippen LogP contribution in [0.25, 0.3) is 0 Å². The monoisotopic (exact) mass is 337 g/mol. The fourth-order valence-corrected chi connectivity index (χ4v) is 2.86.